The van der Waals surface area contributed by atoms with E-state index in [2.05, 4.69) is 40.5 Å². The maximum atomic E-state index is 12.6. The molecular formula is C18H27ClN2O. The highest BCUT2D eigenvalue weighted by Gasteiger charge is 2.30. The molecule has 1 unspecified atom stereocenters. The first kappa shape index (κ1) is 17.3. The summed E-state index contributed by atoms with van der Waals surface area (Å²) in [5.41, 5.74) is 1.35. The van der Waals surface area contributed by atoms with Crippen molar-refractivity contribution in [3.63, 3.8) is 0 Å². The number of likely N-dealkylation sites (tertiary alicyclic amines) is 1. The smallest absolute Gasteiger partial charge is 0.223 e. The van der Waals surface area contributed by atoms with E-state index in [0.717, 1.165) is 58.2 Å². The van der Waals surface area contributed by atoms with Crippen molar-refractivity contribution in [2.45, 2.75) is 44.6 Å². The Morgan fingerprint density at radius 2 is 1.86 bits per heavy atom. The van der Waals surface area contributed by atoms with E-state index in [1.54, 1.807) is 0 Å². The second-order valence-electron chi connectivity index (χ2n) is 6.47. The normalized spacial score (nSPS) is 22.4. The van der Waals surface area contributed by atoms with Gasteiger partial charge in [0.2, 0.25) is 5.91 Å². The minimum Gasteiger partial charge on any atom is -0.339 e. The van der Waals surface area contributed by atoms with Gasteiger partial charge in [-0.1, -0.05) is 30.3 Å². The molecule has 22 heavy (non-hydrogen) atoms. The third-order valence-corrected chi connectivity index (χ3v) is 4.93. The van der Waals surface area contributed by atoms with Gasteiger partial charge < -0.3 is 10.2 Å². The molecule has 0 bridgehead atoms. The number of piperidine rings is 1. The van der Waals surface area contributed by atoms with Gasteiger partial charge in [0.15, 0.2) is 0 Å². The number of carbonyl (C=O) groups excluding carboxylic acids is 1. The zero-order valence-electron chi connectivity index (χ0n) is 13.2. The SMILES string of the molecule is Cl.O=C(CC1CCNCC1)N1CCCC1Cc1ccccc1. The first-order valence-electron chi connectivity index (χ1n) is 8.37. The highest BCUT2D eigenvalue weighted by atomic mass is 35.5. The van der Waals surface area contributed by atoms with Crippen LogP contribution in [-0.2, 0) is 11.2 Å². The fourth-order valence-electron chi connectivity index (χ4n) is 3.71. The van der Waals surface area contributed by atoms with Crippen LogP contribution >= 0.6 is 12.4 Å². The average Bonchev–Trinajstić information content (AvgIpc) is 2.97. The molecule has 3 nitrogen and oxygen atoms in total. The van der Waals surface area contributed by atoms with Crippen LogP contribution in [0.2, 0.25) is 0 Å². The molecule has 2 saturated heterocycles. The van der Waals surface area contributed by atoms with Crippen LogP contribution in [-0.4, -0.2) is 36.5 Å². The van der Waals surface area contributed by atoms with Crippen LogP contribution in [0.1, 0.15) is 37.7 Å². The van der Waals surface area contributed by atoms with Gasteiger partial charge in [0.1, 0.15) is 0 Å². The van der Waals surface area contributed by atoms with Crippen LogP contribution in [0.4, 0.5) is 0 Å². The van der Waals surface area contributed by atoms with E-state index < -0.39 is 0 Å². The predicted octanol–water partition coefficient (Wildman–Crippen LogP) is 3.03. The standard InChI is InChI=1S/C18H26N2O.ClH/c21-18(14-16-8-10-19-11-9-16)20-12-4-7-17(20)13-15-5-2-1-3-6-15;/h1-3,5-6,16-17,19H,4,7-14H2;1H. The molecule has 0 radical (unpaired) electrons. The number of halogens is 1. The lowest BCUT2D eigenvalue weighted by Crippen LogP contribution is -2.39. The van der Waals surface area contributed by atoms with Crippen LogP contribution < -0.4 is 5.32 Å². The van der Waals surface area contributed by atoms with Gasteiger partial charge in [0.25, 0.3) is 0 Å². The van der Waals surface area contributed by atoms with Crippen LogP contribution in [0.15, 0.2) is 30.3 Å². The molecule has 0 aliphatic carbocycles. The Kier molecular flexibility index (Phi) is 6.71. The van der Waals surface area contributed by atoms with Crippen LogP contribution in [0, 0.1) is 5.92 Å². The number of hydrogen-bond donors (Lipinski definition) is 1. The average molecular weight is 323 g/mol. The second-order valence-corrected chi connectivity index (χ2v) is 6.47. The second kappa shape index (κ2) is 8.54. The minimum atomic E-state index is 0. The summed E-state index contributed by atoms with van der Waals surface area (Å²) < 4.78 is 0. The van der Waals surface area contributed by atoms with Crippen molar-refractivity contribution in [3.05, 3.63) is 35.9 Å². The Bertz CT molecular complexity index is 459. The molecular weight excluding hydrogens is 296 g/mol. The lowest BCUT2D eigenvalue weighted by atomic mass is 9.94. The predicted molar refractivity (Wildman–Crippen MR) is 92.3 cm³/mol. The van der Waals surface area contributed by atoms with Crippen molar-refractivity contribution in [1.29, 1.82) is 0 Å². The molecule has 1 aromatic carbocycles. The summed E-state index contributed by atoms with van der Waals surface area (Å²) in [4.78, 5) is 14.8. The highest BCUT2D eigenvalue weighted by Crippen LogP contribution is 2.25. The molecule has 122 valence electrons. The molecule has 2 heterocycles. The molecule has 2 fully saturated rings. The van der Waals surface area contributed by atoms with Crippen molar-refractivity contribution >= 4 is 18.3 Å². The van der Waals surface area contributed by atoms with Crippen molar-refractivity contribution in [3.8, 4) is 0 Å². The van der Waals surface area contributed by atoms with E-state index in [9.17, 15) is 4.79 Å². The first-order valence-corrected chi connectivity index (χ1v) is 8.37. The van der Waals surface area contributed by atoms with E-state index in [1.807, 2.05) is 0 Å². The topological polar surface area (TPSA) is 32.3 Å². The third-order valence-electron chi connectivity index (χ3n) is 4.93. The Morgan fingerprint density at radius 1 is 1.14 bits per heavy atom. The fraction of sp³-hybridized carbons (Fsp3) is 0.611. The number of nitrogens with one attached hydrogen (secondary N) is 1. The zero-order valence-corrected chi connectivity index (χ0v) is 14.0. The summed E-state index contributed by atoms with van der Waals surface area (Å²) in [6, 6.07) is 11.0. The molecule has 4 heteroatoms. The number of amides is 1. The maximum Gasteiger partial charge on any atom is 0.223 e. The van der Waals surface area contributed by atoms with Gasteiger partial charge in [-0.3, -0.25) is 4.79 Å². The summed E-state index contributed by atoms with van der Waals surface area (Å²) in [7, 11) is 0. The van der Waals surface area contributed by atoms with E-state index >= 15 is 0 Å². The van der Waals surface area contributed by atoms with Gasteiger partial charge >= 0.3 is 0 Å². The minimum absolute atomic E-state index is 0. The third kappa shape index (κ3) is 4.47. The molecule has 1 N–H and O–H groups in total. The molecule has 0 saturated carbocycles. The van der Waals surface area contributed by atoms with Gasteiger partial charge in [-0.05, 0) is 56.7 Å². The summed E-state index contributed by atoms with van der Waals surface area (Å²) in [6.45, 7) is 3.11. The quantitative estimate of drug-likeness (QED) is 0.924. The van der Waals surface area contributed by atoms with Gasteiger partial charge in [0.05, 0.1) is 0 Å². The molecule has 2 aliphatic rings. The molecule has 3 rings (SSSR count). The Labute approximate surface area is 139 Å². The highest BCUT2D eigenvalue weighted by molar-refractivity contribution is 5.85. The largest absolute Gasteiger partial charge is 0.339 e. The Balaban J connectivity index is 0.00000176. The lowest BCUT2D eigenvalue weighted by Gasteiger charge is -2.28. The fourth-order valence-corrected chi connectivity index (χ4v) is 3.71. The van der Waals surface area contributed by atoms with Crippen LogP contribution in [0.5, 0.6) is 0 Å². The molecule has 0 aromatic heterocycles. The molecule has 2 aliphatic heterocycles. The van der Waals surface area contributed by atoms with Crippen molar-refractivity contribution < 1.29 is 4.79 Å². The number of benzene rings is 1. The van der Waals surface area contributed by atoms with E-state index in [4.69, 9.17) is 0 Å². The molecule has 0 spiro atoms. The van der Waals surface area contributed by atoms with Gasteiger partial charge in [-0.15, -0.1) is 12.4 Å². The van der Waals surface area contributed by atoms with Gasteiger partial charge in [-0.2, -0.15) is 0 Å². The number of nitrogens with zero attached hydrogens (tertiary/aromatic N) is 1. The summed E-state index contributed by atoms with van der Waals surface area (Å²) >= 11 is 0. The van der Waals surface area contributed by atoms with Crippen molar-refractivity contribution in [2.24, 2.45) is 5.92 Å². The van der Waals surface area contributed by atoms with E-state index in [-0.39, 0.29) is 12.4 Å². The van der Waals surface area contributed by atoms with E-state index in [1.165, 1.54) is 5.56 Å². The molecule has 1 amide bonds. The Hall–Kier alpha value is -1.06. The van der Waals surface area contributed by atoms with Crippen LogP contribution in [0.3, 0.4) is 0 Å². The number of rotatable bonds is 4. The maximum absolute atomic E-state index is 12.6. The van der Waals surface area contributed by atoms with Gasteiger partial charge in [-0.25, -0.2) is 0 Å². The van der Waals surface area contributed by atoms with Crippen molar-refractivity contribution in [2.75, 3.05) is 19.6 Å². The first-order chi connectivity index (χ1) is 10.3. The van der Waals surface area contributed by atoms with Gasteiger partial charge in [0, 0.05) is 19.0 Å². The lowest BCUT2D eigenvalue weighted by molar-refractivity contribution is -0.133. The van der Waals surface area contributed by atoms with Crippen LogP contribution in [0.25, 0.3) is 0 Å². The number of hydrogen-bond acceptors (Lipinski definition) is 2. The monoisotopic (exact) mass is 322 g/mol. The number of carbonyl (C=O) groups is 1. The zero-order chi connectivity index (χ0) is 14.5. The molecule has 1 atom stereocenters. The van der Waals surface area contributed by atoms with E-state index in [0.29, 0.717) is 17.9 Å². The Morgan fingerprint density at radius 3 is 2.59 bits per heavy atom. The summed E-state index contributed by atoms with van der Waals surface area (Å²) in [5.74, 6) is 0.983. The molecule has 1 aromatic rings. The summed E-state index contributed by atoms with van der Waals surface area (Å²) in [5, 5.41) is 3.37. The van der Waals surface area contributed by atoms with Crippen molar-refractivity contribution in [1.82, 2.24) is 10.2 Å². The summed E-state index contributed by atoms with van der Waals surface area (Å²) in [6.07, 6.45) is 6.40.